The molecule has 0 bridgehead atoms. The van der Waals surface area contributed by atoms with E-state index in [0.29, 0.717) is 25.3 Å². The number of ether oxygens (including phenoxy) is 1. The Morgan fingerprint density at radius 3 is 2.47 bits per heavy atom. The summed E-state index contributed by atoms with van der Waals surface area (Å²) in [6.07, 6.45) is 5.22. The van der Waals surface area contributed by atoms with E-state index in [1.807, 2.05) is 30.3 Å². The summed E-state index contributed by atoms with van der Waals surface area (Å²) in [5.74, 6) is 0.317. The average molecular weight is 421 g/mol. The first-order chi connectivity index (χ1) is 14.6. The molecule has 6 nitrogen and oxygen atoms in total. The molecule has 4 rings (SSSR count). The van der Waals surface area contributed by atoms with Crippen molar-refractivity contribution >= 4 is 29.6 Å². The molecule has 1 aromatic heterocycles. The summed E-state index contributed by atoms with van der Waals surface area (Å²) in [7, 11) is 0. The first-order valence-corrected chi connectivity index (χ1v) is 10.0. The molecule has 0 aliphatic heterocycles. The van der Waals surface area contributed by atoms with E-state index in [-0.39, 0.29) is 16.9 Å². The van der Waals surface area contributed by atoms with Gasteiger partial charge in [-0.25, -0.2) is 14.8 Å². The number of fused-ring (bicyclic) bond motifs is 3. The van der Waals surface area contributed by atoms with Gasteiger partial charge >= 0.3 is 6.09 Å². The van der Waals surface area contributed by atoms with E-state index in [0.717, 1.165) is 0 Å². The molecule has 0 saturated heterocycles. The third-order valence-corrected chi connectivity index (χ3v) is 5.18. The van der Waals surface area contributed by atoms with Gasteiger partial charge in [-0.2, -0.15) is 0 Å². The number of nitrogen functional groups attached to an aromatic ring is 1. The van der Waals surface area contributed by atoms with Crippen LogP contribution in [-0.2, 0) is 4.74 Å². The summed E-state index contributed by atoms with van der Waals surface area (Å²) in [4.78, 5) is 20.2. The van der Waals surface area contributed by atoms with Gasteiger partial charge in [-0.05, 0) is 34.8 Å². The zero-order valence-electron chi connectivity index (χ0n) is 16.2. The predicted octanol–water partition coefficient (Wildman–Crippen LogP) is 4.65. The zero-order valence-corrected chi connectivity index (χ0v) is 17.0. The molecule has 0 fully saturated rings. The monoisotopic (exact) mass is 420 g/mol. The van der Waals surface area contributed by atoms with Crippen LogP contribution in [0.2, 0.25) is 5.15 Å². The Balaban J connectivity index is 1.28. The van der Waals surface area contributed by atoms with Crippen molar-refractivity contribution in [2.24, 2.45) is 0 Å². The minimum absolute atomic E-state index is 0.0505. The van der Waals surface area contributed by atoms with Crippen molar-refractivity contribution in [3.05, 3.63) is 82.8 Å². The smallest absolute Gasteiger partial charge is 0.407 e. The highest BCUT2D eigenvalue weighted by Crippen LogP contribution is 2.44. The molecule has 0 atom stereocenters. The normalized spacial score (nSPS) is 12.6. The van der Waals surface area contributed by atoms with Gasteiger partial charge in [-0.1, -0.05) is 66.2 Å². The molecule has 1 aliphatic rings. The van der Waals surface area contributed by atoms with E-state index < -0.39 is 6.09 Å². The molecule has 0 saturated carbocycles. The number of halogens is 1. The first kappa shape index (κ1) is 19.9. The predicted molar refractivity (Wildman–Crippen MR) is 118 cm³/mol. The largest absolute Gasteiger partial charge is 0.449 e. The van der Waals surface area contributed by atoms with Gasteiger partial charge in [-0.3, -0.25) is 0 Å². The van der Waals surface area contributed by atoms with Gasteiger partial charge < -0.3 is 15.8 Å². The lowest BCUT2D eigenvalue weighted by molar-refractivity contribution is 0.143. The van der Waals surface area contributed by atoms with E-state index in [4.69, 9.17) is 22.1 Å². The van der Waals surface area contributed by atoms with Crippen LogP contribution in [0.5, 0.6) is 0 Å². The van der Waals surface area contributed by atoms with Crippen LogP contribution in [0.25, 0.3) is 17.2 Å². The number of nitrogens with two attached hydrogens (primary N) is 1. The van der Waals surface area contributed by atoms with Gasteiger partial charge in [0.25, 0.3) is 0 Å². The lowest BCUT2D eigenvalue weighted by Crippen LogP contribution is -2.26. The molecule has 0 unspecified atom stereocenters. The first-order valence-electron chi connectivity index (χ1n) is 9.67. The van der Waals surface area contributed by atoms with Crippen molar-refractivity contribution in [2.75, 3.05) is 18.9 Å². The van der Waals surface area contributed by atoms with Crippen LogP contribution in [0.4, 0.5) is 10.6 Å². The molecular formula is C23H21ClN4O2. The third-order valence-electron chi connectivity index (χ3n) is 5.00. The summed E-state index contributed by atoms with van der Waals surface area (Å²) in [6.45, 7) is 0.737. The highest BCUT2D eigenvalue weighted by Gasteiger charge is 2.28. The van der Waals surface area contributed by atoms with Gasteiger partial charge in [0.05, 0.1) is 6.20 Å². The van der Waals surface area contributed by atoms with Crippen LogP contribution in [-0.4, -0.2) is 29.2 Å². The number of rotatable bonds is 6. The topological polar surface area (TPSA) is 90.1 Å². The summed E-state index contributed by atoms with van der Waals surface area (Å²) >= 11 is 5.73. The number of aromatic nitrogens is 2. The Labute approximate surface area is 179 Å². The molecule has 3 N–H and O–H groups in total. The van der Waals surface area contributed by atoms with Crippen molar-refractivity contribution in [1.82, 2.24) is 15.3 Å². The number of carbonyl (C=O) groups excluding carboxylic acids is 1. The summed E-state index contributed by atoms with van der Waals surface area (Å²) in [6, 6.07) is 16.5. The van der Waals surface area contributed by atoms with E-state index >= 15 is 0 Å². The number of alkyl carbamates (subject to hydrolysis) is 1. The van der Waals surface area contributed by atoms with E-state index in [1.54, 1.807) is 6.08 Å². The second kappa shape index (κ2) is 8.97. The Morgan fingerprint density at radius 2 is 1.80 bits per heavy atom. The van der Waals surface area contributed by atoms with Gasteiger partial charge in [0.1, 0.15) is 17.5 Å². The lowest BCUT2D eigenvalue weighted by atomic mass is 9.98. The molecule has 152 valence electrons. The standard InChI is InChI=1S/C23H21ClN4O2/c24-21-13-27-20(22(25)28-21)11-5-6-12-26-23(29)30-14-19-17-9-3-1-7-15(17)16-8-2-4-10-18(16)19/h1-5,7-11,13,19H,6,12,14H2,(H2,25,28)(H,26,29). The van der Waals surface area contributed by atoms with Crippen LogP contribution in [0.1, 0.15) is 29.2 Å². The van der Waals surface area contributed by atoms with Crippen molar-refractivity contribution < 1.29 is 9.53 Å². The lowest BCUT2D eigenvalue weighted by Gasteiger charge is -2.14. The SMILES string of the molecule is Nc1nc(Cl)cnc1C=CCCNC(=O)OCC1c2ccccc2-c2ccccc21. The number of nitrogens with zero attached hydrogens (tertiary/aromatic N) is 2. The van der Waals surface area contributed by atoms with Crippen LogP contribution in [0.3, 0.4) is 0 Å². The highest BCUT2D eigenvalue weighted by atomic mass is 35.5. The quantitative estimate of drug-likeness (QED) is 0.566. The number of carbonyl (C=O) groups is 1. The Hall–Kier alpha value is -3.38. The number of benzene rings is 2. The second-order valence-electron chi connectivity index (χ2n) is 6.91. The molecule has 3 aromatic rings. The highest BCUT2D eigenvalue weighted by molar-refractivity contribution is 6.29. The fourth-order valence-electron chi connectivity index (χ4n) is 3.62. The summed E-state index contributed by atoms with van der Waals surface area (Å²) < 4.78 is 5.51. The minimum atomic E-state index is -0.434. The maximum Gasteiger partial charge on any atom is 0.407 e. The number of hydrogen-bond donors (Lipinski definition) is 2. The summed E-state index contributed by atoms with van der Waals surface area (Å²) in [5, 5.41) is 3.02. The second-order valence-corrected chi connectivity index (χ2v) is 7.29. The van der Waals surface area contributed by atoms with E-state index in [2.05, 4.69) is 39.6 Å². The molecule has 30 heavy (non-hydrogen) atoms. The van der Waals surface area contributed by atoms with Crippen molar-refractivity contribution in [2.45, 2.75) is 12.3 Å². The molecule has 0 radical (unpaired) electrons. The fraction of sp³-hybridized carbons (Fsp3) is 0.174. The van der Waals surface area contributed by atoms with Crippen LogP contribution in [0, 0.1) is 0 Å². The fourth-order valence-corrected chi connectivity index (χ4v) is 3.76. The van der Waals surface area contributed by atoms with Crippen molar-refractivity contribution in [3.63, 3.8) is 0 Å². The Morgan fingerprint density at radius 1 is 1.13 bits per heavy atom. The Kier molecular flexibility index (Phi) is 5.95. The molecule has 1 amide bonds. The van der Waals surface area contributed by atoms with Crippen LogP contribution in [0.15, 0.2) is 60.8 Å². The molecule has 7 heteroatoms. The van der Waals surface area contributed by atoms with E-state index in [1.165, 1.54) is 28.5 Å². The molecule has 1 heterocycles. The average Bonchev–Trinajstić information content (AvgIpc) is 3.07. The van der Waals surface area contributed by atoms with Gasteiger partial charge in [0, 0.05) is 12.5 Å². The van der Waals surface area contributed by atoms with E-state index in [9.17, 15) is 4.79 Å². The number of nitrogens with one attached hydrogen (secondary N) is 1. The molecular weight excluding hydrogens is 400 g/mol. The van der Waals surface area contributed by atoms with Gasteiger partial charge in [-0.15, -0.1) is 0 Å². The summed E-state index contributed by atoms with van der Waals surface area (Å²) in [5.41, 5.74) is 11.1. The van der Waals surface area contributed by atoms with Crippen molar-refractivity contribution in [1.29, 1.82) is 0 Å². The van der Waals surface area contributed by atoms with Crippen LogP contribution < -0.4 is 11.1 Å². The number of anilines is 1. The van der Waals surface area contributed by atoms with Gasteiger partial charge in [0.2, 0.25) is 0 Å². The molecule has 0 spiro atoms. The minimum Gasteiger partial charge on any atom is -0.449 e. The maximum atomic E-state index is 12.1. The number of amides is 1. The van der Waals surface area contributed by atoms with Crippen molar-refractivity contribution in [3.8, 4) is 11.1 Å². The molecule has 2 aromatic carbocycles. The molecule has 1 aliphatic carbocycles. The van der Waals surface area contributed by atoms with Gasteiger partial charge in [0.15, 0.2) is 5.82 Å². The van der Waals surface area contributed by atoms with Crippen LogP contribution >= 0.6 is 11.6 Å². The maximum absolute atomic E-state index is 12.1. The third kappa shape index (κ3) is 4.28. The number of hydrogen-bond acceptors (Lipinski definition) is 5. The Bertz CT molecular complexity index is 1050. The zero-order chi connectivity index (χ0) is 20.9.